The molecule has 0 fully saturated rings. The van der Waals surface area contributed by atoms with Gasteiger partial charge in [0.05, 0.1) is 13.2 Å². The molecule has 3 aromatic rings. The summed E-state index contributed by atoms with van der Waals surface area (Å²) in [6.07, 6.45) is 3.92. The number of nitrogens with one attached hydrogen (secondary N) is 3. The molecule has 1 aromatic heterocycles. The van der Waals surface area contributed by atoms with Gasteiger partial charge in [-0.25, -0.2) is 0 Å². The summed E-state index contributed by atoms with van der Waals surface area (Å²) in [6, 6.07) is 14.4. The van der Waals surface area contributed by atoms with Crippen LogP contribution in [0.1, 0.15) is 17.5 Å². The summed E-state index contributed by atoms with van der Waals surface area (Å²) in [6.45, 7) is 2.88. The van der Waals surface area contributed by atoms with E-state index in [1.165, 1.54) is 16.5 Å². The molecule has 28 heavy (non-hydrogen) atoms. The lowest BCUT2D eigenvalue weighted by molar-refractivity contribution is 0.297. The largest absolute Gasteiger partial charge is 0.490 e. The van der Waals surface area contributed by atoms with Crippen LogP contribution in [0.3, 0.4) is 0 Å². The van der Waals surface area contributed by atoms with Gasteiger partial charge in [-0.1, -0.05) is 24.3 Å². The molecule has 0 aliphatic carbocycles. The number of nitrogens with zero attached hydrogens (tertiary/aromatic N) is 1. The molecule has 0 atom stereocenters. The zero-order valence-electron chi connectivity index (χ0n) is 16.1. The topological polar surface area (TPSA) is 70.7 Å². The van der Waals surface area contributed by atoms with Crippen LogP contribution < -0.4 is 20.1 Å². The molecule has 2 aromatic carbocycles. The first kappa shape index (κ1) is 18.2. The highest BCUT2D eigenvalue weighted by molar-refractivity contribution is 5.83. The van der Waals surface area contributed by atoms with Gasteiger partial charge in [0, 0.05) is 43.7 Å². The number of guanidine groups is 1. The molecule has 0 spiro atoms. The second kappa shape index (κ2) is 8.69. The number of aromatic nitrogens is 1. The Hall–Kier alpha value is -3.15. The standard InChI is InChI=1S/C22H26N4O2/c1-23-22(24-10-9-17-15-25-19-6-3-2-5-18(17)19)26-14-16-7-8-20-21(13-16)28-12-4-11-27-20/h2-3,5-8,13,15,25H,4,9-12,14H2,1H3,(H2,23,24,26). The summed E-state index contributed by atoms with van der Waals surface area (Å²) < 4.78 is 11.4. The molecule has 0 unspecified atom stereocenters. The quantitative estimate of drug-likeness (QED) is 0.471. The fraction of sp³-hybridized carbons (Fsp3) is 0.318. The number of ether oxygens (including phenoxy) is 2. The van der Waals surface area contributed by atoms with Gasteiger partial charge in [0.15, 0.2) is 17.5 Å². The van der Waals surface area contributed by atoms with E-state index in [2.05, 4.69) is 51.1 Å². The number of aromatic amines is 1. The van der Waals surface area contributed by atoms with Gasteiger partial charge in [-0.3, -0.25) is 4.99 Å². The number of hydrogen-bond acceptors (Lipinski definition) is 3. The Bertz CT molecular complexity index is 964. The summed E-state index contributed by atoms with van der Waals surface area (Å²) >= 11 is 0. The molecular formula is C22H26N4O2. The molecule has 0 amide bonds. The lowest BCUT2D eigenvalue weighted by Crippen LogP contribution is -2.37. The molecule has 4 rings (SSSR count). The average molecular weight is 378 g/mol. The summed E-state index contributed by atoms with van der Waals surface area (Å²) in [5.74, 6) is 2.42. The van der Waals surface area contributed by atoms with Crippen molar-refractivity contribution in [3.63, 3.8) is 0 Å². The monoisotopic (exact) mass is 378 g/mol. The van der Waals surface area contributed by atoms with Crippen LogP contribution in [0.15, 0.2) is 53.7 Å². The van der Waals surface area contributed by atoms with Gasteiger partial charge in [0.25, 0.3) is 0 Å². The Balaban J connectivity index is 1.30. The molecule has 3 N–H and O–H groups in total. The van der Waals surface area contributed by atoms with Crippen LogP contribution in [0.4, 0.5) is 0 Å². The van der Waals surface area contributed by atoms with Gasteiger partial charge in [0.2, 0.25) is 0 Å². The summed E-state index contributed by atoms with van der Waals surface area (Å²) in [4.78, 5) is 7.64. The van der Waals surface area contributed by atoms with E-state index in [-0.39, 0.29) is 0 Å². The van der Waals surface area contributed by atoms with Crippen molar-refractivity contribution in [3.8, 4) is 11.5 Å². The van der Waals surface area contributed by atoms with Crippen molar-refractivity contribution in [2.75, 3.05) is 26.8 Å². The van der Waals surface area contributed by atoms with Crippen LogP contribution in [0.2, 0.25) is 0 Å². The Labute approximate surface area is 165 Å². The highest BCUT2D eigenvalue weighted by Crippen LogP contribution is 2.30. The lowest BCUT2D eigenvalue weighted by atomic mass is 10.1. The molecule has 6 nitrogen and oxygen atoms in total. The highest BCUT2D eigenvalue weighted by Gasteiger charge is 2.11. The van der Waals surface area contributed by atoms with Gasteiger partial charge < -0.3 is 25.1 Å². The predicted molar refractivity (Wildman–Crippen MR) is 112 cm³/mol. The Kier molecular flexibility index (Phi) is 5.66. The van der Waals surface area contributed by atoms with Crippen LogP contribution in [0.5, 0.6) is 11.5 Å². The number of hydrogen-bond donors (Lipinski definition) is 3. The number of H-pyrrole nitrogens is 1. The second-order valence-electron chi connectivity index (χ2n) is 6.79. The van der Waals surface area contributed by atoms with E-state index in [1.807, 2.05) is 18.2 Å². The third kappa shape index (κ3) is 4.22. The zero-order valence-corrected chi connectivity index (χ0v) is 16.1. The number of benzene rings is 2. The van der Waals surface area contributed by atoms with E-state index in [0.29, 0.717) is 19.8 Å². The fourth-order valence-corrected chi connectivity index (χ4v) is 3.38. The first-order chi connectivity index (χ1) is 13.8. The van der Waals surface area contributed by atoms with Crippen LogP contribution in [-0.4, -0.2) is 37.7 Å². The van der Waals surface area contributed by atoms with E-state index in [0.717, 1.165) is 42.4 Å². The molecule has 146 valence electrons. The van der Waals surface area contributed by atoms with E-state index < -0.39 is 0 Å². The van der Waals surface area contributed by atoms with Gasteiger partial charge in [-0.05, 0) is 35.7 Å². The SMILES string of the molecule is CN=C(NCCc1c[nH]c2ccccc12)NCc1ccc2c(c1)OCCCO2. The summed E-state index contributed by atoms with van der Waals surface area (Å²) in [5.41, 5.74) is 3.61. The smallest absolute Gasteiger partial charge is 0.191 e. The molecule has 6 heteroatoms. The molecule has 0 radical (unpaired) electrons. The maximum Gasteiger partial charge on any atom is 0.191 e. The van der Waals surface area contributed by atoms with Gasteiger partial charge in [-0.15, -0.1) is 0 Å². The molecule has 2 heterocycles. The minimum absolute atomic E-state index is 0.670. The minimum atomic E-state index is 0.670. The van der Waals surface area contributed by atoms with Crippen LogP contribution in [-0.2, 0) is 13.0 Å². The number of fused-ring (bicyclic) bond motifs is 2. The third-order valence-corrected chi connectivity index (χ3v) is 4.86. The van der Waals surface area contributed by atoms with Gasteiger partial charge >= 0.3 is 0 Å². The fourth-order valence-electron chi connectivity index (χ4n) is 3.38. The van der Waals surface area contributed by atoms with Crippen molar-refractivity contribution in [2.24, 2.45) is 4.99 Å². The number of rotatable bonds is 5. The highest BCUT2D eigenvalue weighted by atomic mass is 16.5. The minimum Gasteiger partial charge on any atom is -0.490 e. The summed E-state index contributed by atoms with van der Waals surface area (Å²) in [7, 11) is 1.79. The van der Waals surface area contributed by atoms with Crippen molar-refractivity contribution in [3.05, 3.63) is 59.8 Å². The number of aliphatic imine (C=N–C) groups is 1. The third-order valence-electron chi connectivity index (χ3n) is 4.86. The van der Waals surface area contributed by atoms with Crippen molar-refractivity contribution in [1.82, 2.24) is 15.6 Å². The van der Waals surface area contributed by atoms with Crippen molar-refractivity contribution in [1.29, 1.82) is 0 Å². The first-order valence-corrected chi connectivity index (χ1v) is 9.71. The predicted octanol–water partition coefficient (Wildman–Crippen LogP) is 3.24. The van der Waals surface area contributed by atoms with Crippen molar-refractivity contribution >= 4 is 16.9 Å². The van der Waals surface area contributed by atoms with Crippen molar-refractivity contribution < 1.29 is 9.47 Å². The van der Waals surface area contributed by atoms with Crippen molar-refractivity contribution in [2.45, 2.75) is 19.4 Å². The van der Waals surface area contributed by atoms with Gasteiger partial charge in [0.1, 0.15) is 0 Å². The molecular weight excluding hydrogens is 352 g/mol. The van der Waals surface area contributed by atoms with Gasteiger partial charge in [-0.2, -0.15) is 0 Å². The summed E-state index contributed by atoms with van der Waals surface area (Å²) in [5, 5.41) is 8.02. The Morgan fingerprint density at radius 1 is 1.07 bits per heavy atom. The van der Waals surface area contributed by atoms with Crippen LogP contribution in [0.25, 0.3) is 10.9 Å². The maximum atomic E-state index is 5.76. The lowest BCUT2D eigenvalue weighted by Gasteiger charge is -2.13. The molecule has 1 aliphatic rings. The first-order valence-electron chi connectivity index (χ1n) is 9.71. The maximum absolute atomic E-state index is 5.76. The Morgan fingerprint density at radius 2 is 1.93 bits per heavy atom. The van der Waals surface area contributed by atoms with E-state index in [9.17, 15) is 0 Å². The molecule has 0 bridgehead atoms. The van der Waals surface area contributed by atoms with Crippen LogP contribution in [0, 0.1) is 0 Å². The van der Waals surface area contributed by atoms with E-state index in [4.69, 9.17) is 9.47 Å². The van der Waals surface area contributed by atoms with E-state index in [1.54, 1.807) is 7.05 Å². The average Bonchev–Trinajstić information content (AvgIpc) is 2.99. The number of para-hydroxylation sites is 1. The van der Waals surface area contributed by atoms with Crippen LogP contribution >= 0.6 is 0 Å². The normalized spacial score (nSPS) is 14.0. The molecule has 0 saturated heterocycles. The van der Waals surface area contributed by atoms with E-state index >= 15 is 0 Å². The molecule has 0 saturated carbocycles. The molecule has 1 aliphatic heterocycles. The Morgan fingerprint density at radius 3 is 2.82 bits per heavy atom. The second-order valence-corrected chi connectivity index (χ2v) is 6.79. The zero-order chi connectivity index (χ0) is 19.2.